The van der Waals surface area contributed by atoms with E-state index in [0.717, 1.165) is 6.42 Å². The zero-order chi connectivity index (χ0) is 13.3. The average molecular weight is 254 g/mol. The predicted molar refractivity (Wildman–Crippen MR) is 71.6 cm³/mol. The average Bonchev–Trinajstić information content (AvgIpc) is 2.44. The summed E-state index contributed by atoms with van der Waals surface area (Å²) in [7, 11) is 0. The molecule has 1 unspecified atom stereocenters. The van der Waals surface area contributed by atoms with Crippen LogP contribution >= 0.6 is 0 Å². The van der Waals surface area contributed by atoms with Gasteiger partial charge in [0.1, 0.15) is 5.60 Å². The summed E-state index contributed by atoms with van der Waals surface area (Å²) in [6.45, 7) is 11.0. The number of ether oxygens (including phenoxy) is 3. The highest BCUT2D eigenvalue weighted by atomic mass is 16.6. The Kier molecular flexibility index (Phi) is 4.15. The second-order valence-corrected chi connectivity index (χ2v) is 6.05. The molecule has 0 aromatic rings. The monoisotopic (exact) mass is 254 g/mol. The number of rotatable bonds is 5. The topological polar surface area (TPSA) is 27.7 Å². The summed E-state index contributed by atoms with van der Waals surface area (Å²) < 4.78 is 18.1. The van der Waals surface area contributed by atoms with Crippen molar-refractivity contribution in [2.24, 2.45) is 5.92 Å². The van der Waals surface area contributed by atoms with Crippen molar-refractivity contribution in [2.75, 3.05) is 6.61 Å². The summed E-state index contributed by atoms with van der Waals surface area (Å²) in [4.78, 5) is 0. The van der Waals surface area contributed by atoms with Crippen molar-refractivity contribution >= 4 is 0 Å². The van der Waals surface area contributed by atoms with Gasteiger partial charge in [0.05, 0.1) is 31.0 Å². The van der Waals surface area contributed by atoms with Gasteiger partial charge in [0.15, 0.2) is 0 Å². The first-order chi connectivity index (χ1) is 8.44. The van der Waals surface area contributed by atoms with Crippen molar-refractivity contribution in [3.8, 4) is 0 Å². The van der Waals surface area contributed by atoms with Gasteiger partial charge in [-0.1, -0.05) is 12.2 Å². The highest BCUT2D eigenvalue weighted by molar-refractivity contribution is 5.19. The van der Waals surface area contributed by atoms with E-state index in [1.807, 2.05) is 0 Å². The van der Waals surface area contributed by atoms with E-state index in [0.29, 0.717) is 12.5 Å². The molecule has 3 nitrogen and oxygen atoms in total. The zero-order valence-corrected chi connectivity index (χ0v) is 12.2. The van der Waals surface area contributed by atoms with Crippen LogP contribution in [0.5, 0.6) is 0 Å². The highest BCUT2D eigenvalue weighted by Gasteiger charge is 2.54. The van der Waals surface area contributed by atoms with Gasteiger partial charge in [-0.2, -0.15) is 0 Å². The van der Waals surface area contributed by atoms with Gasteiger partial charge in [0.25, 0.3) is 0 Å². The molecular formula is C15H26O3. The van der Waals surface area contributed by atoms with Crippen molar-refractivity contribution < 1.29 is 14.2 Å². The Morgan fingerprint density at radius 2 is 2.00 bits per heavy atom. The van der Waals surface area contributed by atoms with E-state index in [1.54, 1.807) is 0 Å². The molecule has 0 saturated carbocycles. The van der Waals surface area contributed by atoms with Crippen LogP contribution in [-0.2, 0) is 14.2 Å². The molecule has 1 aliphatic heterocycles. The molecule has 1 fully saturated rings. The molecule has 0 N–H and O–H groups in total. The van der Waals surface area contributed by atoms with Gasteiger partial charge in [-0.05, 0) is 41.0 Å². The lowest BCUT2D eigenvalue weighted by atomic mass is 9.81. The van der Waals surface area contributed by atoms with E-state index >= 15 is 0 Å². The Morgan fingerprint density at radius 3 is 2.61 bits per heavy atom. The first-order valence-corrected chi connectivity index (χ1v) is 7.07. The number of hydrogen-bond donors (Lipinski definition) is 0. The van der Waals surface area contributed by atoms with E-state index < -0.39 is 0 Å². The third-order valence-corrected chi connectivity index (χ3v) is 3.75. The molecule has 2 aliphatic rings. The minimum absolute atomic E-state index is 0.122. The summed E-state index contributed by atoms with van der Waals surface area (Å²) in [6, 6.07) is 0. The van der Waals surface area contributed by atoms with Gasteiger partial charge < -0.3 is 14.2 Å². The lowest BCUT2D eigenvalue weighted by Gasteiger charge is -2.36. The van der Waals surface area contributed by atoms with Gasteiger partial charge in [0, 0.05) is 5.92 Å². The summed E-state index contributed by atoms with van der Waals surface area (Å²) >= 11 is 0. The second kappa shape index (κ2) is 5.32. The molecule has 1 saturated heterocycles. The highest BCUT2D eigenvalue weighted by Crippen LogP contribution is 2.44. The van der Waals surface area contributed by atoms with Crippen molar-refractivity contribution in [3.05, 3.63) is 12.2 Å². The van der Waals surface area contributed by atoms with Crippen LogP contribution in [0, 0.1) is 5.92 Å². The molecule has 0 spiro atoms. The molecule has 3 heteroatoms. The van der Waals surface area contributed by atoms with E-state index in [-0.39, 0.29) is 30.0 Å². The van der Waals surface area contributed by atoms with Crippen molar-refractivity contribution in [1.29, 1.82) is 0 Å². The standard InChI is InChI=1S/C15H26O3/c1-10(2)16-9-15-8-6-7-13(12(5)18-15)14(15)17-11(3)4/h6,8,10-14H,7,9H2,1-5H3/t12-,13?,14+,15+/m0/s1. The molecule has 1 aliphatic carbocycles. The fraction of sp³-hybridized carbons (Fsp3) is 0.867. The van der Waals surface area contributed by atoms with Crippen LogP contribution in [0.3, 0.4) is 0 Å². The van der Waals surface area contributed by atoms with Crippen LogP contribution in [-0.4, -0.2) is 36.6 Å². The van der Waals surface area contributed by atoms with E-state index in [2.05, 4.69) is 46.8 Å². The Balaban J connectivity index is 2.17. The predicted octanol–water partition coefficient (Wildman–Crippen LogP) is 2.94. The smallest absolute Gasteiger partial charge is 0.136 e. The molecule has 0 aromatic heterocycles. The molecule has 4 atom stereocenters. The van der Waals surface area contributed by atoms with Crippen LogP contribution in [0.15, 0.2) is 12.2 Å². The number of fused-ring (bicyclic) bond motifs is 2. The van der Waals surface area contributed by atoms with Crippen LogP contribution < -0.4 is 0 Å². The molecule has 0 radical (unpaired) electrons. The Morgan fingerprint density at radius 1 is 1.28 bits per heavy atom. The van der Waals surface area contributed by atoms with Gasteiger partial charge >= 0.3 is 0 Å². The summed E-state index contributed by atoms with van der Waals surface area (Å²) in [5, 5.41) is 0. The largest absolute Gasteiger partial charge is 0.375 e. The van der Waals surface area contributed by atoms with Gasteiger partial charge in [-0.3, -0.25) is 0 Å². The molecule has 104 valence electrons. The zero-order valence-electron chi connectivity index (χ0n) is 12.2. The normalized spacial score (nSPS) is 38.9. The Hall–Kier alpha value is -0.380. The number of hydrogen-bond acceptors (Lipinski definition) is 3. The fourth-order valence-electron chi connectivity index (χ4n) is 2.95. The first kappa shape index (κ1) is 14.0. The summed E-state index contributed by atoms with van der Waals surface area (Å²) in [6.07, 6.45) is 6.21. The maximum atomic E-state index is 6.20. The van der Waals surface area contributed by atoms with Gasteiger partial charge in [-0.15, -0.1) is 0 Å². The minimum Gasteiger partial charge on any atom is -0.375 e. The van der Waals surface area contributed by atoms with Crippen LogP contribution in [0.2, 0.25) is 0 Å². The molecule has 18 heavy (non-hydrogen) atoms. The molecule has 2 rings (SSSR count). The quantitative estimate of drug-likeness (QED) is 0.706. The Labute approximate surface area is 110 Å². The molecule has 0 aromatic carbocycles. The second-order valence-electron chi connectivity index (χ2n) is 6.05. The lowest BCUT2D eigenvalue weighted by Crippen LogP contribution is -2.48. The van der Waals surface area contributed by atoms with Crippen LogP contribution in [0.1, 0.15) is 41.0 Å². The maximum absolute atomic E-state index is 6.20. The summed E-state index contributed by atoms with van der Waals surface area (Å²) in [5.41, 5.74) is -0.378. The van der Waals surface area contributed by atoms with E-state index in [4.69, 9.17) is 14.2 Å². The molecule has 2 bridgehead atoms. The molecule has 1 heterocycles. The summed E-state index contributed by atoms with van der Waals surface area (Å²) in [5.74, 6) is 0.452. The molecule has 0 amide bonds. The lowest BCUT2D eigenvalue weighted by molar-refractivity contribution is -0.131. The van der Waals surface area contributed by atoms with E-state index in [1.165, 1.54) is 0 Å². The minimum atomic E-state index is -0.378. The van der Waals surface area contributed by atoms with Crippen molar-refractivity contribution in [1.82, 2.24) is 0 Å². The van der Waals surface area contributed by atoms with E-state index in [9.17, 15) is 0 Å². The van der Waals surface area contributed by atoms with Crippen LogP contribution in [0.4, 0.5) is 0 Å². The van der Waals surface area contributed by atoms with Gasteiger partial charge in [0.2, 0.25) is 0 Å². The SMILES string of the molecule is CC(C)OC[C@@]12C=CCC([C@H](C)O1)[C@H]2OC(C)C. The first-order valence-electron chi connectivity index (χ1n) is 7.07. The third-order valence-electron chi connectivity index (χ3n) is 3.75. The number of allylic oxidation sites excluding steroid dienone is 1. The van der Waals surface area contributed by atoms with Gasteiger partial charge in [-0.25, -0.2) is 0 Å². The fourth-order valence-corrected chi connectivity index (χ4v) is 2.95. The van der Waals surface area contributed by atoms with Crippen molar-refractivity contribution in [3.63, 3.8) is 0 Å². The Bertz CT molecular complexity index is 311. The maximum Gasteiger partial charge on any atom is 0.136 e. The van der Waals surface area contributed by atoms with Crippen molar-refractivity contribution in [2.45, 2.75) is 71.1 Å². The van der Waals surface area contributed by atoms with Crippen LogP contribution in [0.25, 0.3) is 0 Å². The third kappa shape index (κ3) is 2.63. The molecular weight excluding hydrogens is 228 g/mol.